The molecule has 2 aliphatic rings. The minimum Gasteiger partial charge on any atom is -0.478 e. The quantitative estimate of drug-likeness (QED) is 0.544. The van der Waals surface area contributed by atoms with E-state index < -0.39 is 11.8 Å². The van der Waals surface area contributed by atoms with Gasteiger partial charge in [-0.2, -0.15) is 0 Å². The Labute approximate surface area is 184 Å². The van der Waals surface area contributed by atoms with Gasteiger partial charge in [-0.1, -0.05) is 23.2 Å². The molecule has 7 heteroatoms. The summed E-state index contributed by atoms with van der Waals surface area (Å²) < 4.78 is 14.3. The lowest BCUT2D eigenvalue weighted by Crippen LogP contribution is -2.34. The number of benzene rings is 2. The highest BCUT2D eigenvalue weighted by Gasteiger charge is 2.29. The van der Waals surface area contributed by atoms with Crippen LogP contribution in [0.2, 0.25) is 10.0 Å². The van der Waals surface area contributed by atoms with E-state index in [2.05, 4.69) is 4.90 Å². The zero-order chi connectivity index (χ0) is 20.5. The average molecular weight is 454 g/mol. The molecule has 0 unspecified atom stereocenters. The summed E-state index contributed by atoms with van der Waals surface area (Å²) in [6.45, 7) is 2.53. The molecule has 2 fully saturated rings. The third-order valence-corrected chi connectivity index (χ3v) is 7.29. The molecule has 0 bridgehead atoms. The number of hydrogen-bond donors (Lipinski definition) is 1. The monoisotopic (exact) mass is 453 g/mol. The van der Waals surface area contributed by atoms with Crippen molar-refractivity contribution in [2.45, 2.75) is 48.3 Å². The van der Waals surface area contributed by atoms with Gasteiger partial charge in [0.1, 0.15) is 5.82 Å². The minimum atomic E-state index is -1.20. The zero-order valence-corrected chi connectivity index (χ0v) is 18.2. The molecule has 1 saturated heterocycles. The Morgan fingerprint density at radius 1 is 1.07 bits per heavy atom. The van der Waals surface area contributed by atoms with Crippen LogP contribution in [0.4, 0.5) is 4.39 Å². The van der Waals surface area contributed by atoms with Crippen LogP contribution in [0.1, 0.15) is 53.1 Å². The van der Waals surface area contributed by atoms with Gasteiger partial charge in [-0.3, -0.25) is 4.90 Å². The molecular weight excluding hydrogens is 432 g/mol. The molecule has 0 spiro atoms. The first kappa shape index (κ1) is 21.0. The van der Waals surface area contributed by atoms with Gasteiger partial charge < -0.3 is 5.11 Å². The second-order valence-electron chi connectivity index (χ2n) is 7.81. The van der Waals surface area contributed by atoms with Crippen LogP contribution in [0.5, 0.6) is 0 Å². The number of nitrogens with zero attached hydrogens (tertiary/aromatic N) is 1. The number of thioether (sulfide) groups is 1. The lowest BCUT2D eigenvalue weighted by Gasteiger charge is -2.32. The number of rotatable bonds is 6. The molecule has 2 aromatic carbocycles. The summed E-state index contributed by atoms with van der Waals surface area (Å²) in [6.07, 6.45) is 4.17. The number of piperidine rings is 1. The van der Waals surface area contributed by atoms with Gasteiger partial charge in [-0.15, -0.1) is 11.8 Å². The van der Waals surface area contributed by atoms with Crippen molar-refractivity contribution in [2.75, 3.05) is 13.1 Å². The van der Waals surface area contributed by atoms with Crippen LogP contribution in [0.15, 0.2) is 35.2 Å². The Morgan fingerprint density at radius 3 is 2.31 bits per heavy atom. The molecule has 1 heterocycles. The molecule has 154 valence electrons. The normalized spacial score (nSPS) is 18.2. The maximum atomic E-state index is 14.3. The number of aromatic carboxylic acids is 1. The van der Waals surface area contributed by atoms with Gasteiger partial charge in [0, 0.05) is 26.7 Å². The molecule has 1 N–H and O–H groups in total. The van der Waals surface area contributed by atoms with Gasteiger partial charge in [-0.25, -0.2) is 9.18 Å². The Morgan fingerprint density at radius 2 is 1.72 bits per heavy atom. The molecule has 0 amide bonds. The van der Waals surface area contributed by atoms with Gasteiger partial charge in [0.15, 0.2) is 0 Å². The Kier molecular flexibility index (Phi) is 6.40. The largest absolute Gasteiger partial charge is 0.478 e. The zero-order valence-electron chi connectivity index (χ0n) is 15.8. The summed E-state index contributed by atoms with van der Waals surface area (Å²) in [7, 11) is 0. The van der Waals surface area contributed by atoms with Crippen molar-refractivity contribution in [3.8, 4) is 0 Å². The van der Waals surface area contributed by atoms with E-state index in [4.69, 9.17) is 23.2 Å². The lowest BCUT2D eigenvalue weighted by atomic mass is 9.98. The van der Waals surface area contributed by atoms with Crippen LogP contribution in [0, 0.1) is 5.82 Å². The molecule has 3 nitrogen and oxygen atoms in total. The predicted octanol–water partition coefficient (Wildman–Crippen LogP) is 6.46. The van der Waals surface area contributed by atoms with E-state index in [0.29, 0.717) is 27.8 Å². The first-order chi connectivity index (χ1) is 13.9. The highest BCUT2D eigenvalue weighted by atomic mass is 35.5. The van der Waals surface area contributed by atoms with E-state index in [-0.39, 0.29) is 5.56 Å². The molecule has 1 aliphatic carbocycles. The SMILES string of the molecule is O=C(O)c1cc(C2CC2)c(CN2CCC(Sc3cc(Cl)cc(Cl)c3)CC2)cc1F. The maximum Gasteiger partial charge on any atom is 0.338 e. The number of likely N-dealkylation sites (tertiary alicyclic amines) is 1. The van der Waals surface area contributed by atoms with Gasteiger partial charge >= 0.3 is 5.97 Å². The summed E-state index contributed by atoms with van der Waals surface area (Å²) >= 11 is 14.0. The van der Waals surface area contributed by atoms with Crippen LogP contribution in [0.25, 0.3) is 0 Å². The standard InChI is InChI=1S/C22H22Cl2FNO2S/c23-15-8-16(24)10-18(9-15)29-17-3-5-26(6-4-17)12-14-7-21(25)20(22(27)28)11-19(14)13-1-2-13/h7-11,13,17H,1-6,12H2,(H,27,28). The van der Waals surface area contributed by atoms with Crippen LogP contribution in [0.3, 0.4) is 0 Å². The van der Waals surface area contributed by atoms with Crippen molar-refractivity contribution < 1.29 is 14.3 Å². The van der Waals surface area contributed by atoms with Crippen LogP contribution in [-0.4, -0.2) is 34.3 Å². The van der Waals surface area contributed by atoms with Crippen LogP contribution >= 0.6 is 35.0 Å². The minimum absolute atomic E-state index is 0.217. The highest BCUT2D eigenvalue weighted by molar-refractivity contribution is 8.00. The fourth-order valence-electron chi connectivity index (χ4n) is 3.92. The summed E-state index contributed by atoms with van der Waals surface area (Å²) in [5, 5.41) is 11.0. The first-order valence-corrected chi connectivity index (χ1v) is 11.4. The van der Waals surface area contributed by atoms with Crippen molar-refractivity contribution in [2.24, 2.45) is 0 Å². The van der Waals surface area contributed by atoms with Crippen molar-refractivity contribution in [1.82, 2.24) is 4.90 Å². The summed E-state index contributed by atoms with van der Waals surface area (Å²) in [5.41, 5.74) is 1.72. The second-order valence-corrected chi connectivity index (χ2v) is 10.1. The Balaban J connectivity index is 1.39. The van der Waals surface area contributed by atoms with E-state index in [1.165, 1.54) is 6.07 Å². The van der Waals surface area contributed by atoms with E-state index in [9.17, 15) is 14.3 Å². The Hall–Kier alpha value is -1.27. The third-order valence-electron chi connectivity index (χ3n) is 5.54. The van der Waals surface area contributed by atoms with E-state index >= 15 is 0 Å². The molecule has 0 aromatic heterocycles. The third kappa shape index (κ3) is 5.26. The summed E-state index contributed by atoms with van der Waals surface area (Å²) in [6, 6.07) is 8.61. The molecule has 0 radical (unpaired) electrons. The number of halogens is 3. The van der Waals surface area contributed by atoms with Gasteiger partial charge in [0.2, 0.25) is 0 Å². The lowest BCUT2D eigenvalue weighted by molar-refractivity contribution is 0.0691. The highest BCUT2D eigenvalue weighted by Crippen LogP contribution is 2.43. The van der Waals surface area contributed by atoms with Gasteiger partial charge in [-0.05, 0) is 86.1 Å². The molecule has 4 rings (SSSR count). The summed E-state index contributed by atoms with van der Waals surface area (Å²) in [4.78, 5) is 14.7. The molecule has 29 heavy (non-hydrogen) atoms. The van der Waals surface area contributed by atoms with Crippen molar-refractivity contribution in [3.63, 3.8) is 0 Å². The molecule has 1 saturated carbocycles. The van der Waals surface area contributed by atoms with Gasteiger partial charge in [0.05, 0.1) is 5.56 Å². The smallest absolute Gasteiger partial charge is 0.338 e. The van der Waals surface area contributed by atoms with Crippen molar-refractivity contribution in [3.05, 3.63) is 62.9 Å². The van der Waals surface area contributed by atoms with Crippen LogP contribution in [-0.2, 0) is 6.54 Å². The molecular formula is C22H22Cl2FNO2S. The Bertz CT molecular complexity index is 907. The first-order valence-electron chi connectivity index (χ1n) is 9.80. The number of carboxylic acids is 1. The van der Waals surface area contributed by atoms with E-state index in [1.807, 2.05) is 12.1 Å². The fourth-order valence-corrected chi connectivity index (χ4v) is 5.80. The van der Waals surface area contributed by atoms with E-state index in [0.717, 1.165) is 54.8 Å². The number of carboxylic acid groups (broad SMARTS) is 1. The van der Waals surface area contributed by atoms with Crippen molar-refractivity contribution >= 4 is 40.9 Å². The second kappa shape index (κ2) is 8.84. The molecule has 2 aromatic rings. The number of hydrogen-bond acceptors (Lipinski definition) is 3. The average Bonchev–Trinajstić information content (AvgIpc) is 3.47. The van der Waals surface area contributed by atoms with Crippen molar-refractivity contribution in [1.29, 1.82) is 0 Å². The predicted molar refractivity (Wildman–Crippen MR) is 116 cm³/mol. The molecule has 1 aliphatic heterocycles. The number of carbonyl (C=O) groups is 1. The van der Waals surface area contributed by atoms with E-state index in [1.54, 1.807) is 23.9 Å². The maximum absolute atomic E-state index is 14.3. The topological polar surface area (TPSA) is 40.5 Å². The van der Waals surface area contributed by atoms with Gasteiger partial charge in [0.25, 0.3) is 0 Å². The molecule has 0 atom stereocenters. The van der Waals surface area contributed by atoms with Crippen LogP contribution < -0.4 is 0 Å². The summed E-state index contributed by atoms with van der Waals surface area (Å²) in [5.74, 6) is -1.46. The fraction of sp³-hybridized carbons (Fsp3) is 0.409.